The summed E-state index contributed by atoms with van der Waals surface area (Å²) in [5.41, 5.74) is 1.53. The lowest BCUT2D eigenvalue weighted by Crippen LogP contribution is -2.20. The van der Waals surface area contributed by atoms with Gasteiger partial charge in [0.25, 0.3) is 0 Å². The Morgan fingerprint density at radius 2 is 1.95 bits per heavy atom. The van der Waals surface area contributed by atoms with Crippen LogP contribution < -0.4 is 9.64 Å². The van der Waals surface area contributed by atoms with Crippen LogP contribution in [-0.4, -0.2) is 10.2 Å². The first-order valence-electron chi connectivity index (χ1n) is 5.89. The zero-order valence-electron chi connectivity index (χ0n) is 10.2. The third-order valence-corrected chi connectivity index (χ3v) is 3.06. The summed E-state index contributed by atoms with van der Waals surface area (Å²) < 4.78 is 5.83. The van der Waals surface area contributed by atoms with Crippen molar-refractivity contribution in [1.82, 2.24) is 0 Å². The highest BCUT2D eigenvalue weighted by atomic mass is 16.5. The number of aromatic hydroxyl groups is 1. The Balaban J connectivity index is 2.17. The summed E-state index contributed by atoms with van der Waals surface area (Å²) in [5, 5.41) is 19.3. The smallest absolute Gasteiger partial charge is 0.184 e. The minimum absolute atomic E-state index is 0.0627. The quantitative estimate of drug-likeness (QED) is 0.765. The molecule has 0 aromatic heterocycles. The molecule has 0 fully saturated rings. The third kappa shape index (κ3) is 1.97. The molecule has 96 valence electrons. The number of aliphatic hydroxyl groups is 1. The first kappa shape index (κ1) is 11.5. The van der Waals surface area contributed by atoms with Gasteiger partial charge in [-0.3, -0.25) is 0 Å². The van der Waals surface area contributed by atoms with Gasteiger partial charge < -0.3 is 19.8 Å². The number of anilines is 1. The molecule has 0 atom stereocenters. The molecule has 0 amide bonds. The minimum atomic E-state index is -0.0627. The summed E-state index contributed by atoms with van der Waals surface area (Å²) in [7, 11) is 0. The first-order chi connectivity index (χ1) is 9.15. The van der Waals surface area contributed by atoms with E-state index in [2.05, 4.69) is 6.58 Å². The largest absolute Gasteiger partial charge is 0.508 e. The van der Waals surface area contributed by atoms with Gasteiger partial charge in [-0.25, -0.2) is 0 Å². The van der Waals surface area contributed by atoms with Gasteiger partial charge in [-0.15, -0.1) is 0 Å². The normalized spacial score (nSPS) is 12.9. The average molecular weight is 255 g/mol. The number of benzene rings is 2. The molecule has 4 heteroatoms. The summed E-state index contributed by atoms with van der Waals surface area (Å²) in [4.78, 5) is 1.64. The van der Waals surface area contributed by atoms with Crippen LogP contribution in [0.15, 0.2) is 54.9 Å². The third-order valence-electron chi connectivity index (χ3n) is 3.06. The predicted molar refractivity (Wildman–Crippen MR) is 72.6 cm³/mol. The molecule has 1 aliphatic rings. The van der Waals surface area contributed by atoms with Crippen LogP contribution in [0.1, 0.15) is 5.56 Å². The number of phenols is 1. The minimum Gasteiger partial charge on any atom is -0.508 e. The van der Waals surface area contributed by atoms with Crippen molar-refractivity contribution in [2.75, 3.05) is 4.90 Å². The summed E-state index contributed by atoms with van der Waals surface area (Å²) in [6.45, 7) is 3.96. The highest BCUT2D eigenvalue weighted by Gasteiger charge is 2.22. The fourth-order valence-electron chi connectivity index (χ4n) is 2.16. The van der Waals surface area contributed by atoms with E-state index in [4.69, 9.17) is 4.74 Å². The first-order valence-corrected chi connectivity index (χ1v) is 5.89. The van der Waals surface area contributed by atoms with Crippen molar-refractivity contribution < 1.29 is 14.9 Å². The number of para-hydroxylation sites is 2. The van der Waals surface area contributed by atoms with Crippen molar-refractivity contribution in [2.45, 2.75) is 6.54 Å². The van der Waals surface area contributed by atoms with Gasteiger partial charge >= 0.3 is 0 Å². The van der Waals surface area contributed by atoms with Crippen LogP contribution in [0.5, 0.6) is 17.2 Å². The van der Waals surface area contributed by atoms with Gasteiger partial charge in [0.1, 0.15) is 11.5 Å². The van der Waals surface area contributed by atoms with Crippen molar-refractivity contribution in [2.24, 2.45) is 0 Å². The monoisotopic (exact) mass is 255 g/mol. The van der Waals surface area contributed by atoms with E-state index in [1.54, 1.807) is 23.1 Å². The highest BCUT2D eigenvalue weighted by molar-refractivity contribution is 5.65. The van der Waals surface area contributed by atoms with Gasteiger partial charge in [0.05, 0.1) is 12.2 Å². The maximum Gasteiger partial charge on any atom is 0.184 e. The maximum absolute atomic E-state index is 9.76. The zero-order valence-corrected chi connectivity index (χ0v) is 10.2. The Labute approximate surface area is 110 Å². The lowest BCUT2D eigenvalue weighted by Gasteiger charge is -2.21. The Bertz CT molecular complexity index is 652. The van der Waals surface area contributed by atoms with Crippen molar-refractivity contribution >= 4 is 5.69 Å². The van der Waals surface area contributed by atoms with Gasteiger partial charge in [-0.2, -0.15) is 0 Å². The molecule has 2 N–H and O–H groups in total. The molecule has 0 spiro atoms. The number of rotatable bonds is 1. The number of hydrogen-bond donors (Lipinski definition) is 2. The van der Waals surface area contributed by atoms with Gasteiger partial charge in [-0.1, -0.05) is 12.1 Å². The van der Waals surface area contributed by atoms with Crippen LogP contribution >= 0.6 is 0 Å². The molecule has 19 heavy (non-hydrogen) atoms. The fourth-order valence-corrected chi connectivity index (χ4v) is 2.16. The highest BCUT2D eigenvalue weighted by Crippen LogP contribution is 2.40. The molecule has 2 aromatic rings. The maximum atomic E-state index is 9.76. The zero-order chi connectivity index (χ0) is 13.4. The number of hydrogen-bond acceptors (Lipinski definition) is 4. The Kier molecular flexibility index (Phi) is 2.56. The molecule has 1 aliphatic heterocycles. The molecular formula is C15H13NO3. The van der Waals surface area contributed by atoms with Crippen molar-refractivity contribution in [1.29, 1.82) is 0 Å². The van der Waals surface area contributed by atoms with Crippen LogP contribution in [0.3, 0.4) is 0 Å². The molecule has 0 aliphatic carbocycles. The van der Waals surface area contributed by atoms with E-state index in [1.165, 1.54) is 0 Å². The van der Waals surface area contributed by atoms with Crippen molar-refractivity contribution in [3.63, 3.8) is 0 Å². The van der Waals surface area contributed by atoms with E-state index < -0.39 is 0 Å². The molecule has 0 saturated heterocycles. The molecule has 0 unspecified atom stereocenters. The second kappa shape index (κ2) is 4.24. The number of fused-ring (bicyclic) bond motifs is 2. The van der Waals surface area contributed by atoms with E-state index in [0.717, 1.165) is 11.3 Å². The molecule has 4 nitrogen and oxygen atoms in total. The second-order valence-corrected chi connectivity index (χ2v) is 4.36. The summed E-state index contributed by atoms with van der Waals surface area (Å²) in [6.07, 6.45) is 0. The average Bonchev–Trinajstić information content (AvgIpc) is 2.55. The van der Waals surface area contributed by atoms with Gasteiger partial charge in [-0.05, 0) is 36.9 Å². The van der Waals surface area contributed by atoms with E-state index in [9.17, 15) is 10.2 Å². The Morgan fingerprint density at radius 1 is 1.16 bits per heavy atom. The Morgan fingerprint density at radius 3 is 2.74 bits per heavy atom. The Hall–Kier alpha value is -2.62. The lowest BCUT2D eigenvalue weighted by molar-refractivity contribution is 0.391. The molecule has 0 bridgehead atoms. The van der Waals surface area contributed by atoms with Crippen molar-refractivity contribution in [3.8, 4) is 17.2 Å². The van der Waals surface area contributed by atoms with Crippen LogP contribution in [-0.2, 0) is 6.54 Å². The van der Waals surface area contributed by atoms with Gasteiger partial charge in [0.15, 0.2) is 11.6 Å². The molecule has 2 aromatic carbocycles. The van der Waals surface area contributed by atoms with Crippen LogP contribution in [0.4, 0.5) is 5.69 Å². The molecule has 1 heterocycles. The number of phenolic OH excluding ortho intramolecular Hbond substituents is 1. The standard InChI is InChI=1S/C15H13NO3/c1-10(17)16-9-11-8-12(18)6-7-14(11)19-15-5-3-2-4-13(15)16/h2-8,17-18H,1,9H2. The molecule has 0 saturated carbocycles. The summed E-state index contributed by atoms with van der Waals surface area (Å²) >= 11 is 0. The van der Waals surface area contributed by atoms with Crippen LogP contribution in [0, 0.1) is 0 Å². The van der Waals surface area contributed by atoms with Crippen molar-refractivity contribution in [3.05, 3.63) is 60.5 Å². The molecular weight excluding hydrogens is 242 g/mol. The van der Waals surface area contributed by atoms with E-state index in [0.29, 0.717) is 18.0 Å². The molecule has 3 rings (SSSR count). The van der Waals surface area contributed by atoms with E-state index in [1.807, 2.05) is 24.3 Å². The number of ether oxygens (including phenoxy) is 1. The topological polar surface area (TPSA) is 52.9 Å². The predicted octanol–water partition coefficient (Wildman–Crippen LogP) is 3.53. The summed E-state index contributed by atoms with van der Waals surface area (Å²) in [5.74, 6) is 1.40. The van der Waals surface area contributed by atoms with Crippen LogP contribution in [0.25, 0.3) is 0 Å². The van der Waals surface area contributed by atoms with Crippen LogP contribution in [0.2, 0.25) is 0 Å². The second-order valence-electron chi connectivity index (χ2n) is 4.36. The summed E-state index contributed by atoms with van der Waals surface area (Å²) in [6, 6.07) is 12.3. The van der Waals surface area contributed by atoms with Gasteiger partial charge in [0.2, 0.25) is 0 Å². The van der Waals surface area contributed by atoms with Gasteiger partial charge in [0, 0.05) is 5.56 Å². The number of aliphatic hydroxyl groups excluding tert-OH is 1. The molecule has 0 radical (unpaired) electrons. The number of nitrogens with zero attached hydrogens (tertiary/aromatic N) is 1. The SMILES string of the molecule is C=C(O)N1Cc2cc(O)ccc2Oc2ccccc21. The van der Waals surface area contributed by atoms with E-state index >= 15 is 0 Å². The van der Waals surface area contributed by atoms with E-state index in [-0.39, 0.29) is 11.6 Å². The fraction of sp³-hybridized carbons (Fsp3) is 0.0667. The lowest BCUT2D eigenvalue weighted by atomic mass is 10.2.